The van der Waals surface area contributed by atoms with Gasteiger partial charge in [0.2, 0.25) is 0 Å². The van der Waals surface area contributed by atoms with Crippen LogP contribution in [0.1, 0.15) is 4.88 Å². The maximum absolute atomic E-state index is 4.22. The first-order valence-electron chi connectivity index (χ1n) is 4.46. The second-order valence-electron chi connectivity index (χ2n) is 3.00. The van der Waals surface area contributed by atoms with Crippen LogP contribution < -0.4 is 5.32 Å². The van der Waals surface area contributed by atoms with Crippen molar-refractivity contribution >= 4 is 16.5 Å². The van der Waals surface area contributed by atoms with Crippen molar-refractivity contribution in [3.63, 3.8) is 0 Å². The van der Waals surface area contributed by atoms with Crippen molar-refractivity contribution in [2.45, 2.75) is 13.5 Å². The summed E-state index contributed by atoms with van der Waals surface area (Å²) in [7, 11) is 0. The molecular formula is C9H12N4S. The van der Waals surface area contributed by atoms with Gasteiger partial charge in [0.1, 0.15) is 0 Å². The highest BCUT2D eigenvalue weighted by Crippen LogP contribution is 2.15. The molecule has 0 unspecified atom stereocenters. The lowest BCUT2D eigenvalue weighted by Crippen LogP contribution is -2.08. The van der Waals surface area contributed by atoms with E-state index in [1.54, 1.807) is 17.5 Å². The van der Waals surface area contributed by atoms with Gasteiger partial charge in [-0.15, -0.1) is 11.3 Å². The molecule has 2 aromatic rings. The fourth-order valence-electron chi connectivity index (χ4n) is 1.15. The Kier molecular flexibility index (Phi) is 2.78. The van der Waals surface area contributed by atoms with Crippen LogP contribution in [-0.2, 0) is 6.54 Å². The summed E-state index contributed by atoms with van der Waals surface area (Å²) < 4.78 is 2.04. The molecule has 1 N–H and O–H groups in total. The largest absolute Gasteiger partial charge is 0.360 e. The number of hydrogen-bond acceptors (Lipinski definition) is 4. The molecule has 14 heavy (non-hydrogen) atoms. The molecule has 0 radical (unpaired) electrons. The minimum atomic E-state index is 0.878. The second kappa shape index (κ2) is 4.23. The molecule has 74 valence electrons. The van der Waals surface area contributed by atoms with Gasteiger partial charge in [-0.1, -0.05) is 0 Å². The molecule has 5 heteroatoms. The van der Waals surface area contributed by atoms with Crippen molar-refractivity contribution in [2.24, 2.45) is 0 Å². The van der Waals surface area contributed by atoms with E-state index in [1.165, 1.54) is 4.88 Å². The number of anilines is 1. The van der Waals surface area contributed by atoms with E-state index in [2.05, 4.69) is 22.2 Å². The first-order chi connectivity index (χ1) is 6.84. The van der Waals surface area contributed by atoms with E-state index in [0.717, 1.165) is 18.2 Å². The third kappa shape index (κ3) is 2.32. The van der Waals surface area contributed by atoms with Crippen LogP contribution in [0.4, 0.5) is 5.13 Å². The zero-order chi connectivity index (χ0) is 9.80. The monoisotopic (exact) mass is 208 g/mol. The van der Waals surface area contributed by atoms with Gasteiger partial charge in [0.15, 0.2) is 5.13 Å². The Morgan fingerprint density at radius 1 is 1.57 bits per heavy atom. The number of nitrogens with one attached hydrogen (secondary N) is 1. The Morgan fingerprint density at radius 2 is 2.50 bits per heavy atom. The number of aromatic nitrogens is 3. The Hall–Kier alpha value is -1.36. The van der Waals surface area contributed by atoms with Crippen LogP contribution in [0, 0.1) is 6.92 Å². The highest BCUT2D eigenvalue weighted by Gasteiger charge is 1.96. The fraction of sp³-hybridized carbons (Fsp3) is 0.333. The van der Waals surface area contributed by atoms with Gasteiger partial charge in [-0.2, -0.15) is 0 Å². The summed E-state index contributed by atoms with van der Waals surface area (Å²) in [5.41, 5.74) is 0. The molecule has 0 aliphatic carbocycles. The maximum Gasteiger partial charge on any atom is 0.182 e. The SMILES string of the molecule is Cc1cnc(NCCn2ccnc2)s1. The van der Waals surface area contributed by atoms with Crippen molar-refractivity contribution < 1.29 is 0 Å². The zero-order valence-corrected chi connectivity index (χ0v) is 8.79. The Balaban J connectivity index is 1.78. The third-order valence-corrected chi connectivity index (χ3v) is 2.70. The van der Waals surface area contributed by atoms with Crippen LogP contribution in [0.25, 0.3) is 0 Å². The van der Waals surface area contributed by atoms with Crippen LogP contribution in [0.5, 0.6) is 0 Å². The molecule has 0 aromatic carbocycles. The average Bonchev–Trinajstić information content (AvgIpc) is 2.77. The van der Waals surface area contributed by atoms with Gasteiger partial charge in [-0.05, 0) is 6.92 Å². The fourth-order valence-corrected chi connectivity index (χ4v) is 1.84. The predicted octanol–water partition coefficient (Wildman–Crippen LogP) is 1.76. The molecule has 0 amide bonds. The van der Waals surface area contributed by atoms with E-state index in [0.29, 0.717) is 0 Å². The summed E-state index contributed by atoms with van der Waals surface area (Å²) >= 11 is 1.68. The number of nitrogens with zero attached hydrogens (tertiary/aromatic N) is 3. The second-order valence-corrected chi connectivity index (χ2v) is 4.24. The molecule has 0 fully saturated rings. The molecule has 0 aliphatic heterocycles. The van der Waals surface area contributed by atoms with Gasteiger partial charge in [-0.3, -0.25) is 0 Å². The minimum Gasteiger partial charge on any atom is -0.360 e. The van der Waals surface area contributed by atoms with Crippen molar-refractivity contribution in [1.82, 2.24) is 14.5 Å². The normalized spacial score (nSPS) is 10.4. The van der Waals surface area contributed by atoms with Crippen molar-refractivity contribution in [2.75, 3.05) is 11.9 Å². The summed E-state index contributed by atoms with van der Waals surface area (Å²) in [6.45, 7) is 3.85. The Morgan fingerprint density at radius 3 is 3.14 bits per heavy atom. The lowest BCUT2D eigenvalue weighted by molar-refractivity contribution is 0.726. The topological polar surface area (TPSA) is 42.7 Å². The first kappa shape index (κ1) is 9.21. The highest BCUT2D eigenvalue weighted by atomic mass is 32.1. The quantitative estimate of drug-likeness (QED) is 0.832. The Bertz CT molecular complexity index is 379. The number of aryl methyl sites for hydroxylation is 1. The molecule has 0 saturated carbocycles. The van der Waals surface area contributed by atoms with Crippen molar-refractivity contribution in [3.8, 4) is 0 Å². The molecular weight excluding hydrogens is 196 g/mol. The molecule has 0 bridgehead atoms. The van der Waals surface area contributed by atoms with Gasteiger partial charge in [-0.25, -0.2) is 9.97 Å². The van der Waals surface area contributed by atoms with Gasteiger partial charge in [0.05, 0.1) is 6.33 Å². The lowest BCUT2D eigenvalue weighted by Gasteiger charge is -2.02. The molecule has 0 spiro atoms. The first-order valence-corrected chi connectivity index (χ1v) is 5.28. The molecule has 2 aromatic heterocycles. The Labute approximate surface area is 86.6 Å². The van der Waals surface area contributed by atoms with Crippen molar-refractivity contribution in [3.05, 3.63) is 29.8 Å². The molecule has 0 aliphatic rings. The standard InChI is InChI=1S/C9H12N4S/c1-8-6-12-9(14-8)11-3-5-13-4-2-10-7-13/h2,4,6-7H,3,5H2,1H3,(H,11,12). The summed E-state index contributed by atoms with van der Waals surface area (Å²) in [6, 6.07) is 0. The maximum atomic E-state index is 4.22. The van der Waals surface area contributed by atoms with E-state index in [1.807, 2.05) is 23.3 Å². The summed E-state index contributed by atoms with van der Waals surface area (Å²) in [5.74, 6) is 0. The average molecular weight is 208 g/mol. The highest BCUT2D eigenvalue weighted by molar-refractivity contribution is 7.15. The van der Waals surface area contributed by atoms with Gasteiger partial charge >= 0.3 is 0 Å². The molecule has 2 heterocycles. The van der Waals surface area contributed by atoms with Crippen LogP contribution in [0.2, 0.25) is 0 Å². The van der Waals surface area contributed by atoms with Crippen molar-refractivity contribution in [1.29, 1.82) is 0 Å². The lowest BCUT2D eigenvalue weighted by atomic mass is 10.6. The summed E-state index contributed by atoms with van der Waals surface area (Å²) in [4.78, 5) is 9.42. The molecule has 2 rings (SSSR count). The van der Waals surface area contributed by atoms with Gasteiger partial charge in [0, 0.05) is 36.6 Å². The van der Waals surface area contributed by atoms with Crippen LogP contribution in [-0.4, -0.2) is 21.1 Å². The predicted molar refractivity (Wildman–Crippen MR) is 57.6 cm³/mol. The number of imidazole rings is 1. The van der Waals surface area contributed by atoms with E-state index in [9.17, 15) is 0 Å². The van der Waals surface area contributed by atoms with Gasteiger partial charge in [0.25, 0.3) is 0 Å². The molecule has 0 atom stereocenters. The summed E-state index contributed by atoms with van der Waals surface area (Å²) in [6.07, 6.45) is 7.43. The number of rotatable bonds is 4. The van der Waals surface area contributed by atoms with E-state index in [-0.39, 0.29) is 0 Å². The minimum absolute atomic E-state index is 0.878. The molecule has 0 saturated heterocycles. The van der Waals surface area contributed by atoms with E-state index >= 15 is 0 Å². The third-order valence-electron chi connectivity index (χ3n) is 1.83. The van der Waals surface area contributed by atoms with E-state index in [4.69, 9.17) is 0 Å². The zero-order valence-electron chi connectivity index (χ0n) is 7.97. The summed E-state index contributed by atoms with van der Waals surface area (Å²) in [5, 5.41) is 4.25. The van der Waals surface area contributed by atoms with Crippen LogP contribution in [0.15, 0.2) is 24.9 Å². The van der Waals surface area contributed by atoms with Gasteiger partial charge < -0.3 is 9.88 Å². The molecule has 4 nitrogen and oxygen atoms in total. The smallest absolute Gasteiger partial charge is 0.182 e. The number of thiazole rings is 1. The van der Waals surface area contributed by atoms with E-state index < -0.39 is 0 Å². The van der Waals surface area contributed by atoms with Crippen LogP contribution in [0.3, 0.4) is 0 Å². The number of hydrogen-bond donors (Lipinski definition) is 1. The van der Waals surface area contributed by atoms with Crippen LogP contribution >= 0.6 is 11.3 Å².